The topological polar surface area (TPSA) is 40.5 Å². The second kappa shape index (κ2) is 4.49. The van der Waals surface area contributed by atoms with Crippen molar-refractivity contribution >= 4 is 23.5 Å². The smallest absolute Gasteiger partial charge is 0.0558 e. The van der Waals surface area contributed by atoms with Gasteiger partial charge < -0.3 is 10.2 Å². The van der Waals surface area contributed by atoms with Gasteiger partial charge in [0.25, 0.3) is 0 Å². The molecule has 4 heteroatoms. The molecule has 0 aromatic heterocycles. The van der Waals surface area contributed by atoms with Crippen LogP contribution in [0.4, 0.5) is 0 Å². The standard InChI is InChI=1S/C6H12O2S2/c7-1-5-3-9-4-6(2-8)10-5/h5-8H,1-4H2. The molecule has 2 atom stereocenters. The van der Waals surface area contributed by atoms with Gasteiger partial charge in [-0.1, -0.05) is 0 Å². The Kier molecular flexibility index (Phi) is 3.91. The summed E-state index contributed by atoms with van der Waals surface area (Å²) in [5, 5.41) is 18.3. The van der Waals surface area contributed by atoms with E-state index in [-0.39, 0.29) is 13.2 Å². The molecule has 0 spiro atoms. The summed E-state index contributed by atoms with van der Waals surface area (Å²) in [5.74, 6) is 2.05. The third-order valence-corrected chi connectivity index (χ3v) is 4.50. The van der Waals surface area contributed by atoms with E-state index in [1.54, 1.807) is 11.8 Å². The van der Waals surface area contributed by atoms with Gasteiger partial charge in [0, 0.05) is 22.0 Å². The molecule has 0 aliphatic carbocycles. The Balaban J connectivity index is 2.25. The molecule has 0 bridgehead atoms. The quantitative estimate of drug-likeness (QED) is 0.636. The molecule has 0 aromatic carbocycles. The van der Waals surface area contributed by atoms with Crippen molar-refractivity contribution in [1.29, 1.82) is 0 Å². The summed E-state index contributed by atoms with van der Waals surface area (Å²) >= 11 is 3.53. The third kappa shape index (κ3) is 2.34. The van der Waals surface area contributed by atoms with Crippen LogP contribution in [0, 0.1) is 0 Å². The molecule has 2 N–H and O–H groups in total. The zero-order valence-corrected chi connectivity index (χ0v) is 7.33. The Morgan fingerprint density at radius 2 is 1.60 bits per heavy atom. The van der Waals surface area contributed by atoms with Gasteiger partial charge in [0.1, 0.15) is 0 Å². The van der Waals surface area contributed by atoms with Crippen LogP contribution >= 0.6 is 23.5 Å². The highest BCUT2D eigenvalue weighted by molar-refractivity contribution is 8.07. The van der Waals surface area contributed by atoms with Crippen LogP contribution < -0.4 is 0 Å². The zero-order chi connectivity index (χ0) is 7.40. The fraction of sp³-hybridized carbons (Fsp3) is 1.00. The summed E-state index contributed by atoms with van der Waals surface area (Å²) in [7, 11) is 0. The first-order chi connectivity index (χ1) is 4.86. The minimum Gasteiger partial charge on any atom is -0.395 e. The van der Waals surface area contributed by atoms with Crippen LogP contribution in [0.15, 0.2) is 0 Å². The molecule has 1 fully saturated rings. The van der Waals surface area contributed by atoms with Crippen molar-refractivity contribution in [2.45, 2.75) is 10.5 Å². The number of rotatable bonds is 2. The van der Waals surface area contributed by atoms with Gasteiger partial charge in [-0.05, 0) is 0 Å². The first kappa shape index (κ1) is 8.71. The summed E-state index contributed by atoms with van der Waals surface area (Å²) < 4.78 is 0. The van der Waals surface area contributed by atoms with Crippen molar-refractivity contribution in [2.24, 2.45) is 0 Å². The molecule has 0 saturated carbocycles. The van der Waals surface area contributed by atoms with Crippen molar-refractivity contribution in [3.05, 3.63) is 0 Å². The largest absolute Gasteiger partial charge is 0.395 e. The minimum absolute atomic E-state index is 0.244. The van der Waals surface area contributed by atoms with Crippen LogP contribution in [0.1, 0.15) is 0 Å². The normalized spacial score (nSPS) is 34.2. The predicted octanol–water partition coefficient (Wildman–Crippen LogP) is 0.188. The monoisotopic (exact) mass is 180 g/mol. The molecule has 2 unspecified atom stereocenters. The highest BCUT2D eigenvalue weighted by Crippen LogP contribution is 2.29. The Morgan fingerprint density at radius 1 is 1.10 bits per heavy atom. The van der Waals surface area contributed by atoms with E-state index in [0.29, 0.717) is 10.5 Å². The second-order valence-corrected chi connectivity index (χ2v) is 4.96. The molecule has 1 rings (SSSR count). The summed E-state index contributed by atoms with van der Waals surface area (Å²) in [6.07, 6.45) is 0. The molecular formula is C6H12O2S2. The summed E-state index contributed by atoms with van der Waals surface area (Å²) in [4.78, 5) is 0. The van der Waals surface area contributed by atoms with E-state index in [0.717, 1.165) is 11.5 Å². The van der Waals surface area contributed by atoms with E-state index >= 15 is 0 Å². The SMILES string of the molecule is OCC1CSCC(CO)S1. The van der Waals surface area contributed by atoms with Crippen LogP contribution in [0.5, 0.6) is 0 Å². The molecule has 60 valence electrons. The first-order valence-corrected chi connectivity index (χ1v) is 5.41. The molecule has 1 aliphatic heterocycles. The molecular weight excluding hydrogens is 168 g/mol. The molecule has 1 heterocycles. The van der Waals surface area contributed by atoms with Gasteiger partial charge in [-0.3, -0.25) is 0 Å². The fourth-order valence-electron chi connectivity index (χ4n) is 0.873. The zero-order valence-electron chi connectivity index (χ0n) is 5.69. The maximum atomic E-state index is 8.79. The van der Waals surface area contributed by atoms with Crippen LogP contribution in [0.2, 0.25) is 0 Å². The van der Waals surface area contributed by atoms with Gasteiger partial charge in [0.2, 0.25) is 0 Å². The lowest BCUT2D eigenvalue weighted by Gasteiger charge is -2.25. The van der Waals surface area contributed by atoms with E-state index in [1.165, 1.54) is 0 Å². The highest BCUT2D eigenvalue weighted by Gasteiger charge is 2.21. The molecule has 0 amide bonds. The first-order valence-electron chi connectivity index (χ1n) is 3.31. The highest BCUT2D eigenvalue weighted by atomic mass is 32.2. The van der Waals surface area contributed by atoms with Crippen LogP contribution in [0.3, 0.4) is 0 Å². The molecule has 2 nitrogen and oxygen atoms in total. The van der Waals surface area contributed by atoms with E-state index in [1.807, 2.05) is 11.8 Å². The average Bonchev–Trinajstić information content (AvgIpc) is 2.05. The van der Waals surface area contributed by atoms with Gasteiger partial charge in [0.05, 0.1) is 13.2 Å². The van der Waals surface area contributed by atoms with Gasteiger partial charge >= 0.3 is 0 Å². The maximum absolute atomic E-state index is 8.79. The van der Waals surface area contributed by atoms with Crippen molar-refractivity contribution in [3.8, 4) is 0 Å². The number of aliphatic hydroxyl groups is 2. The average molecular weight is 180 g/mol. The van der Waals surface area contributed by atoms with E-state index in [9.17, 15) is 0 Å². The van der Waals surface area contributed by atoms with Crippen molar-refractivity contribution < 1.29 is 10.2 Å². The Bertz CT molecular complexity index is 89.7. The minimum atomic E-state index is 0.244. The molecule has 0 radical (unpaired) electrons. The molecule has 10 heavy (non-hydrogen) atoms. The molecule has 0 aromatic rings. The van der Waals surface area contributed by atoms with Gasteiger partial charge in [0.15, 0.2) is 0 Å². The number of hydrogen-bond donors (Lipinski definition) is 2. The second-order valence-electron chi connectivity index (χ2n) is 2.28. The van der Waals surface area contributed by atoms with E-state index in [4.69, 9.17) is 10.2 Å². The maximum Gasteiger partial charge on any atom is 0.0558 e. The fourth-order valence-corrected chi connectivity index (χ4v) is 3.67. The van der Waals surface area contributed by atoms with Crippen LogP contribution in [-0.4, -0.2) is 45.4 Å². The number of aliphatic hydroxyl groups excluding tert-OH is 2. The molecule has 1 saturated heterocycles. The summed E-state index contributed by atoms with van der Waals surface area (Å²) in [6, 6.07) is 0. The van der Waals surface area contributed by atoms with Crippen LogP contribution in [0.25, 0.3) is 0 Å². The van der Waals surface area contributed by atoms with Crippen molar-refractivity contribution in [3.63, 3.8) is 0 Å². The Hall–Kier alpha value is 0.620. The summed E-state index contributed by atoms with van der Waals surface area (Å²) in [5.41, 5.74) is 0. The van der Waals surface area contributed by atoms with E-state index in [2.05, 4.69) is 0 Å². The number of thioether (sulfide) groups is 2. The van der Waals surface area contributed by atoms with Crippen molar-refractivity contribution in [2.75, 3.05) is 24.7 Å². The van der Waals surface area contributed by atoms with Gasteiger partial charge in [-0.2, -0.15) is 11.8 Å². The lowest BCUT2D eigenvalue weighted by atomic mass is 10.5. The lowest BCUT2D eigenvalue weighted by molar-refractivity contribution is 0.292. The van der Waals surface area contributed by atoms with E-state index < -0.39 is 0 Å². The van der Waals surface area contributed by atoms with Crippen LogP contribution in [-0.2, 0) is 0 Å². The third-order valence-electron chi connectivity index (χ3n) is 1.40. The van der Waals surface area contributed by atoms with Gasteiger partial charge in [-0.15, -0.1) is 11.8 Å². The lowest BCUT2D eigenvalue weighted by Crippen LogP contribution is -2.26. The predicted molar refractivity (Wildman–Crippen MR) is 46.7 cm³/mol. The van der Waals surface area contributed by atoms with Crippen molar-refractivity contribution in [1.82, 2.24) is 0 Å². The summed E-state index contributed by atoms with van der Waals surface area (Å²) in [6.45, 7) is 0.488. The van der Waals surface area contributed by atoms with Gasteiger partial charge in [-0.25, -0.2) is 0 Å². The molecule has 1 aliphatic rings. The Labute approximate surface area is 69.4 Å². The number of hydrogen-bond acceptors (Lipinski definition) is 4. The Morgan fingerprint density at radius 3 is 2.00 bits per heavy atom.